The number of carbonyl (C=O) groups excluding carboxylic acids is 2. The second kappa shape index (κ2) is 3.72. The van der Waals surface area contributed by atoms with Crippen LogP contribution < -0.4 is 4.74 Å². The van der Waals surface area contributed by atoms with Crippen LogP contribution in [0.2, 0.25) is 0 Å². The Hall–Kier alpha value is -2.56. The van der Waals surface area contributed by atoms with Gasteiger partial charge in [0.25, 0.3) is 0 Å². The van der Waals surface area contributed by atoms with E-state index in [-0.39, 0.29) is 22.8 Å². The molecule has 2 aromatic carbocycles. The van der Waals surface area contributed by atoms with Gasteiger partial charge in [-0.25, -0.2) is 0 Å². The molecule has 3 rings (SSSR count). The van der Waals surface area contributed by atoms with Gasteiger partial charge in [-0.05, 0) is 13.8 Å². The molecule has 0 spiro atoms. The van der Waals surface area contributed by atoms with Crippen molar-refractivity contribution in [1.29, 1.82) is 0 Å². The van der Waals surface area contributed by atoms with E-state index in [0.29, 0.717) is 10.8 Å². The van der Waals surface area contributed by atoms with Gasteiger partial charge in [0.1, 0.15) is 11.3 Å². The lowest BCUT2D eigenvalue weighted by molar-refractivity contribution is -0.128. The normalized spacial score (nSPS) is 16.9. The second-order valence-corrected chi connectivity index (χ2v) is 5.22. The maximum atomic E-state index is 12.1. The van der Waals surface area contributed by atoms with E-state index in [1.54, 1.807) is 24.3 Å². The molecule has 1 aliphatic rings. The zero-order valence-corrected chi connectivity index (χ0v) is 10.9. The average molecular weight is 272 g/mol. The Kier molecular flexibility index (Phi) is 2.32. The van der Waals surface area contributed by atoms with Crippen LogP contribution in [0.5, 0.6) is 17.2 Å². The highest BCUT2D eigenvalue weighted by Crippen LogP contribution is 2.48. The summed E-state index contributed by atoms with van der Waals surface area (Å²) >= 11 is 0. The van der Waals surface area contributed by atoms with Crippen LogP contribution in [0.1, 0.15) is 24.2 Å². The van der Waals surface area contributed by atoms with E-state index in [2.05, 4.69) is 0 Å². The Morgan fingerprint density at radius 1 is 1.00 bits per heavy atom. The zero-order chi connectivity index (χ0) is 14.7. The van der Waals surface area contributed by atoms with Crippen molar-refractivity contribution in [2.45, 2.75) is 19.4 Å². The van der Waals surface area contributed by atoms with E-state index in [9.17, 15) is 19.8 Å². The van der Waals surface area contributed by atoms with Crippen LogP contribution in [0, 0.1) is 0 Å². The molecule has 0 bridgehead atoms. The Morgan fingerprint density at radius 3 is 2.15 bits per heavy atom. The molecular weight excluding hydrogens is 260 g/mol. The van der Waals surface area contributed by atoms with Gasteiger partial charge in [-0.3, -0.25) is 9.59 Å². The molecule has 0 atom stereocenters. The fourth-order valence-electron chi connectivity index (χ4n) is 2.38. The number of Topliss-reactive ketones (excluding diaryl/α,β-unsaturated/α-hetero) is 2. The number of phenolic OH excluding ortho intramolecular Hbond substituents is 2. The van der Waals surface area contributed by atoms with Crippen molar-refractivity contribution in [3.05, 3.63) is 29.8 Å². The number of aromatic hydroxyl groups is 2. The monoisotopic (exact) mass is 272 g/mol. The third-order valence-electron chi connectivity index (χ3n) is 3.45. The molecule has 0 fully saturated rings. The Balaban J connectivity index is 2.45. The van der Waals surface area contributed by atoms with Crippen LogP contribution in [0.25, 0.3) is 10.8 Å². The summed E-state index contributed by atoms with van der Waals surface area (Å²) in [5.74, 6) is -2.34. The Labute approximate surface area is 114 Å². The van der Waals surface area contributed by atoms with Crippen LogP contribution in [0.15, 0.2) is 24.3 Å². The van der Waals surface area contributed by atoms with E-state index in [4.69, 9.17) is 4.74 Å². The van der Waals surface area contributed by atoms with Crippen LogP contribution in [-0.2, 0) is 4.79 Å². The van der Waals surface area contributed by atoms with Gasteiger partial charge >= 0.3 is 0 Å². The maximum Gasteiger partial charge on any atom is 0.246 e. The standard InChI is InChI=1S/C15H12O5/c1-15(2)14(19)12(18)9-10(16)7-5-3-4-6-8(7)11(17)13(9)20-15/h3-6,16-17H,1-2H3. The lowest BCUT2D eigenvalue weighted by atomic mass is 9.89. The molecule has 0 unspecified atom stereocenters. The topological polar surface area (TPSA) is 83.8 Å². The first-order valence-electron chi connectivity index (χ1n) is 6.09. The van der Waals surface area contributed by atoms with Gasteiger partial charge in [-0.15, -0.1) is 0 Å². The highest BCUT2D eigenvalue weighted by molar-refractivity contribution is 6.48. The quantitative estimate of drug-likeness (QED) is 0.567. The number of rotatable bonds is 0. The van der Waals surface area contributed by atoms with Crippen LogP contribution in [0.3, 0.4) is 0 Å². The number of hydrogen-bond donors (Lipinski definition) is 2. The average Bonchev–Trinajstić information content (AvgIpc) is 2.42. The van der Waals surface area contributed by atoms with Crippen molar-refractivity contribution in [3.63, 3.8) is 0 Å². The molecule has 2 N–H and O–H groups in total. The van der Waals surface area contributed by atoms with Crippen molar-refractivity contribution in [2.24, 2.45) is 0 Å². The van der Waals surface area contributed by atoms with Gasteiger partial charge in [0.2, 0.25) is 11.6 Å². The molecule has 1 aliphatic heterocycles. The fraction of sp³-hybridized carbons (Fsp3) is 0.200. The summed E-state index contributed by atoms with van der Waals surface area (Å²) in [5.41, 5.74) is -1.64. The predicted molar refractivity (Wildman–Crippen MR) is 71.3 cm³/mol. The lowest BCUT2D eigenvalue weighted by Gasteiger charge is -2.31. The van der Waals surface area contributed by atoms with Gasteiger partial charge in [-0.1, -0.05) is 24.3 Å². The van der Waals surface area contributed by atoms with Crippen molar-refractivity contribution in [3.8, 4) is 17.2 Å². The second-order valence-electron chi connectivity index (χ2n) is 5.22. The lowest BCUT2D eigenvalue weighted by Crippen LogP contribution is -2.46. The van der Waals surface area contributed by atoms with E-state index in [0.717, 1.165) is 0 Å². The van der Waals surface area contributed by atoms with Crippen molar-refractivity contribution < 1.29 is 24.5 Å². The highest BCUT2D eigenvalue weighted by Gasteiger charge is 2.45. The molecule has 102 valence electrons. The molecule has 2 aromatic rings. The molecule has 20 heavy (non-hydrogen) atoms. The minimum Gasteiger partial charge on any atom is -0.506 e. The summed E-state index contributed by atoms with van der Waals surface area (Å²) in [5, 5.41) is 21.1. The number of phenols is 2. The number of hydrogen-bond acceptors (Lipinski definition) is 5. The molecule has 5 nitrogen and oxygen atoms in total. The van der Waals surface area contributed by atoms with Gasteiger partial charge in [-0.2, -0.15) is 0 Å². The molecule has 0 aliphatic carbocycles. The van der Waals surface area contributed by atoms with Crippen molar-refractivity contribution >= 4 is 22.3 Å². The molecular formula is C15H12O5. The van der Waals surface area contributed by atoms with Gasteiger partial charge < -0.3 is 14.9 Å². The van der Waals surface area contributed by atoms with Gasteiger partial charge in [0.15, 0.2) is 17.1 Å². The van der Waals surface area contributed by atoms with Crippen LogP contribution in [-0.4, -0.2) is 27.4 Å². The van der Waals surface area contributed by atoms with Gasteiger partial charge in [0.05, 0.1) is 0 Å². The molecule has 0 radical (unpaired) electrons. The Morgan fingerprint density at radius 2 is 1.55 bits per heavy atom. The summed E-state index contributed by atoms with van der Waals surface area (Å²) in [7, 11) is 0. The number of ether oxygens (including phenoxy) is 1. The molecule has 0 saturated heterocycles. The van der Waals surface area contributed by atoms with Crippen molar-refractivity contribution in [2.75, 3.05) is 0 Å². The fourth-order valence-corrected chi connectivity index (χ4v) is 2.38. The number of benzene rings is 2. The summed E-state index contributed by atoms with van der Waals surface area (Å²) in [4.78, 5) is 24.1. The smallest absolute Gasteiger partial charge is 0.246 e. The molecule has 5 heteroatoms. The number of carbonyl (C=O) groups is 2. The molecule has 0 saturated carbocycles. The third-order valence-corrected chi connectivity index (χ3v) is 3.45. The zero-order valence-electron chi connectivity index (χ0n) is 10.9. The first-order valence-corrected chi connectivity index (χ1v) is 6.09. The van der Waals surface area contributed by atoms with Crippen molar-refractivity contribution in [1.82, 2.24) is 0 Å². The Bertz CT molecular complexity index is 773. The van der Waals surface area contributed by atoms with E-state index in [1.165, 1.54) is 13.8 Å². The highest BCUT2D eigenvalue weighted by atomic mass is 16.5. The predicted octanol–water partition coefficient (Wildman–Crippen LogP) is 2.17. The maximum absolute atomic E-state index is 12.1. The largest absolute Gasteiger partial charge is 0.506 e. The van der Waals surface area contributed by atoms with Crippen LogP contribution in [0.4, 0.5) is 0 Å². The van der Waals surface area contributed by atoms with E-state index >= 15 is 0 Å². The summed E-state index contributed by atoms with van der Waals surface area (Å²) < 4.78 is 5.44. The SMILES string of the molecule is CC1(C)Oc2c(c(O)c3ccccc3c2O)C(=O)C1=O. The first-order chi connectivity index (χ1) is 9.34. The first kappa shape index (κ1) is 12.5. The molecule has 1 heterocycles. The number of fused-ring (bicyclic) bond motifs is 2. The molecule has 0 aromatic heterocycles. The van der Waals surface area contributed by atoms with Gasteiger partial charge in [0, 0.05) is 10.8 Å². The summed E-state index contributed by atoms with van der Waals surface area (Å²) in [6.07, 6.45) is 0. The number of ketones is 2. The minimum atomic E-state index is -1.36. The summed E-state index contributed by atoms with van der Waals surface area (Å²) in [6.45, 7) is 2.89. The van der Waals surface area contributed by atoms with E-state index < -0.39 is 17.2 Å². The van der Waals surface area contributed by atoms with E-state index in [1.807, 2.05) is 0 Å². The summed E-state index contributed by atoms with van der Waals surface area (Å²) in [6, 6.07) is 6.51. The third kappa shape index (κ3) is 1.43. The van der Waals surface area contributed by atoms with Crippen LogP contribution >= 0.6 is 0 Å². The minimum absolute atomic E-state index is 0.143. The molecule has 0 amide bonds.